The van der Waals surface area contributed by atoms with Gasteiger partial charge < -0.3 is 10.2 Å². The van der Waals surface area contributed by atoms with Crippen LogP contribution in [0, 0.1) is 20.2 Å². The van der Waals surface area contributed by atoms with Gasteiger partial charge in [-0.15, -0.1) is 0 Å². The molecular weight excluding hydrogens is 276 g/mol. The number of likely N-dealkylation sites (tertiary alicyclic amines) is 1. The Morgan fingerprint density at radius 1 is 1.29 bits per heavy atom. The minimum atomic E-state index is -0.633. The number of anilines is 1. The normalized spacial score (nSPS) is 19.2. The van der Waals surface area contributed by atoms with E-state index in [9.17, 15) is 20.2 Å². The van der Waals surface area contributed by atoms with E-state index in [4.69, 9.17) is 0 Å². The predicted molar refractivity (Wildman–Crippen MR) is 78.5 cm³/mol. The average Bonchev–Trinajstić information content (AvgIpc) is 2.46. The monoisotopic (exact) mass is 294 g/mol. The molecule has 0 saturated carbocycles. The van der Waals surface area contributed by atoms with Crippen molar-refractivity contribution in [3.8, 4) is 0 Å². The topological polar surface area (TPSA) is 102 Å². The summed E-state index contributed by atoms with van der Waals surface area (Å²) in [5.41, 5.74) is -0.214. The van der Waals surface area contributed by atoms with Crippen molar-refractivity contribution in [1.29, 1.82) is 0 Å². The van der Waals surface area contributed by atoms with E-state index in [1.807, 2.05) is 7.05 Å². The highest BCUT2D eigenvalue weighted by Gasteiger charge is 2.22. The maximum Gasteiger partial charge on any atom is 0.299 e. The summed E-state index contributed by atoms with van der Waals surface area (Å²) in [7, 11) is 2.04. The van der Waals surface area contributed by atoms with Crippen molar-refractivity contribution < 1.29 is 9.85 Å². The van der Waals surface area contributed by atoms with Crippen molar-refractivity contribution in [3.63, 3.8) is 0 Å². The quantitative estimate of drug-likeness (QED) is 0.661. The summed E-state index contributed by atoms with van der Waals surface area (Å²) >= 11 is 0. The third kappa shape index (κ3) is 3.66. The van der Waals surface area contributed by atoms with Crippen LogP contribution >= 0.6 is 0 Å². The van der Waals surface area contributed by atoms with Crippen molar-refractivity contribution in [3.05, 3.63) is 38.4 Å². The maximum atomic E-state index is 11.0. The lowest BCUT2D eigenvalue weighted by Crippen LogP contribution is -2.40. The Balaban J connectivity index is 2.11. The fourth-order valence-electron chi connectivity index (χ4n) is 2.56. The minimum absolute atomic E-state index is 0.261. The zero-order chi connectivity index (χ0) is 15.4. The van der Waals surface area contributed by atoms with E-state index in [1.54, 1.807) is 0 Å². The molecule has 0 bridgehead atoms. The first-order valence-corrected chi connectivity index (χ1v) is 6.86. The molecule has 21 heavy (non-hydrogen) atoms. The van der Waals surface area contributed by atoms with Crippen LogP contribution in [0.2, 0.25) is 0 Å². The highest BCUT2D eigenvalue weighted by Crippen LogP contribution is 2.29. The fourth-order valence-corrected chi connectivity index (χ4v) is 2.56. The zero-order valence-corrected chi connectivity index (χ0v) is 11.8. The highest BCUT2D eigenvalue weighted by molar-refractivity contribution is 5.65. The average molecular weight is 294 g/mol. The Labute approximate surface area is 122 Å². The van der Waals surface area contributed by atoms with Crippen molar-refractivity contribution in [1.82, 2.24) is 4.90 Å². The molecule has 1 aliphatic heterocycles. The van der Waals surface area contributed by atoms with Gasteiger partial charge in [0.15, 0.2) is 0 Å². The third-order valence-electron chi connectivity index (χ3n) is 3.84. The molecule has 1 N–H and O–H groups in total. The second kappa shape index (κ2) is 6.49. The van der Waals surface area contributed by atoms with Crippen LogP contribution < -0.4 is 5.32 Å². The number of piperidine rings is 1. The molecule has 8 heteroatoms. The number of nitro groups is 2. The van der Waals surface area contributed by atoms with Gasteiger partial charge in [-0.3, -0.25) is 20.2 Å². The molecule has 1 aromatic carbocycles. The summed E-state index contributed by atoms with van der Waals surface area (Å²) in [5, 5.41) is 24.8. The lowest BCUT2D eigenvalue weighted by atomic mass is 10.0. The van der Waals surface area contributed by atoms with Crippen LogP contribution in [-0.4, -0.2) is 40.9 Å². The summed E-state index contributed by atoms with van der Waals surface area (Å²) in [6.07, 6.45) is 3.37. The second-order valence-electron chi connectivity index (χ2n) is 5.23. The minimum Gasteiger partial charge on any atom is -0.378 e. The largest absolute Gasteiger partial charge is 0.378 e. The van der Waals surface area contributed by atoms with Gasteiger partial charge in [0.05, 0.1) is 15.9 Å². The van der Waals surface area contributed by atoms with Crippen molar-refractivity contribution in [2.45, 2.75) is 25.3 Å². The number of benzene rings is 1. The van der Waals surface area contributed by atoms with Crippen LogP contribution in [0.3, 0.4) is 0 Å². The van der Waals surface area contributed by atoms with Gasteiger partial charge in [-0.05, 0) is 32.5 Å². The van der Waals surface area contributed by atoms with Gasteiger partial charge in [-0.25, -0.2) is 0 Å². The van der Waals surface area contributed by atoms with E-state index in [0.717, 1.165) is 25.5 Å². The lowest BCUT2D eigenvalue weighted by molar-refractivity contribution is -0.393. The molecule has 0 amide bonds. The number of likely N-dealkylation sites (N-methyl/N-ethyl adjacent to an activating group) is 1. The Morgan fingerprint density at radius 2 is 2.05 bits per heavy atom. The van der Waals surface area contributed by atoms with E-state index in [0.29, 0.717) is 18.3 Å². The number of rotatable bonds is 5. The molecule has 1 aliphatic rings. The van der Waals surface area contributed by atoms with Crippen LogP contribution in [0.25, 0.3) is 0 Å². The Morgan fingerprint density at radius 3 is 2.67 bits per heavy atom. The van der Waals surface area contributed by atoms with Crippen LogP contribution in [0.5, 0.6) is 0 Å². The van der Waals surface area contributed by atoms with Crippen LogP contribution in [0.1, 0.15) is 19.3 Å². The molecule has 2 rings (SSSR count). The standard InChI is InChI=1S/C13H18N4O4/c1-15-7-3-2-4-11(15)9-14-12-6-5-10(16(18)19)8-13(12)17(20)21/h5-6,8,11,14H,2-4,7,9H2,1H3. The molecule has 8 nitrogen and oxygen atoms in total. The number of nitrogens with one attached hydrogen (secondary N) is 1. The van der Waals surface area contributed by atoms with Crippen molar-refractivity contribution >= 4 is 17.1 Å². The molecule has 1 saturated heterocycles. The van der Waals surface area contributed by atoms with Crippen LogP contribution in [0.15, 0.2) is 18.2 Å². The molecule has 0 aliphatic carbocycles. The van der Waals surface area contributed by atoms with E-state index < -0.39 is 9.85 Å². The second-order valence-corrected chi connectivity index (χ2v) is 5.23. The number of nitro benzene ring substituents is 2. The van der Waals surface area contributed by atoms with Crippen molar-refractivity contribution in [2.75, 3.05) is 25.5 Å². The molecule has 114 valence electrons. The number of non-ortho nitro benzene ring substituents is 1. The maximum absolute atomic E-state index is 11.0. The van der Waals surface area contributed by atoms with Crippen molar-refractivity contribution in [2.24, 2.45) is 0 Å². The van der Waals surface area contributed by atoms with Gasteiger partial charge in [0, 0.05) is 18.7 Å². The summed E-state index contributed by atoms with van der Waals surface area (Å²) in [5.74, 6) is 0. The number of hydrogen-bond donors (Lipinski definition) is 1. The lowest BCUT2D eigenvalue weighted by Gasteiger charge is -2.32. The smallest absolute Gasteiger partial charge is 0.299 e. The number of nitrogens with zero attached hydrogens (tertiary/aromatic N) is 3. The Kier molecular flexibility index (Phi) is 4.69. The van der Waals surface area contributed by atoms with E-state index in [-0.39, 0.29) is 11.4 Å². The number of hydrogen-bond acceptors (Lipinski definition) is 6. The van der Waals surface area contributed by atoms with E-state index >= 15 is 0 Å². The van der Waals surface area contributed by atoms with Gasteiger partial charge in [-0.1, -0.05) is 6.42 Å². The molecular formula is C13H18N4O4. The van der Waals surface area contributed by atoms with Gasteiger partial charge in [0.2, 0.25) is 0 Å². The summed E-state index contributed by atoms with van der Waals surface area (Å²) in [6.45, 7) is 1.61. The molecule has 1 fully saturated rings. The highest BCUT2D eigenvalue weighted by atomic mass is 16.6. The van der Waals surface area contributed by atoms with Gasteiger partial charge in [0.25, 0.3) is 11.4 Å². The molecule has 1 heterocycles. The molecule has 0 aromatic heterocycles. The zero-order valence-electron chi connectivity index (χ0n) is 11.8. The summed E-state index contributed by atoms with van der Waals surface area (Å²) in [4.78, 5) is 22.7. The predicted octanol–water partition coefficient (Wildman–Crippen LogP) is 2.40. The van der Waals surface area contributed by atoms with Gasteiger partial charge in [0.1, 0.15) is 5.69 Å². The molecule has 1 atom stereocenters. The molecule has 0 spiro atoms. The Hall–Kier alpha value is -2.22. The van der Waals surface area contributed by atoms with Crippen LogP contribution in [0.4, 0.5) is 17.1 Å². The van der Waals surface area contributed by atoms with E-state index in [1.165, 1.54) is 18.6 Å². The molecule has 1 aromatic rings. The first kappa shape index (κ1) is 15.2. The summed E-state index contributed by atoms with van der Waals surface area (Å²) in [6, 6.07) is 4.00. The Bertz CT molecular complexity index is 549. The summed E-state index contributed by atoms with van der Waals surface area (Å²) < 4.78 is 0. The van der Waals surface area contributed by atoms with Gasteiger partial charge in [-0.2, -0.15) is 0 Å². The molecule has 0 radical (unpaired) electrons. The fraction of sp³-hybridized carbons (Fsp3) is 0.538. The van der Waals surface area contributed by atoms with Crippen LogP contribution in [-0.2, 0) is 0 Å². The molecule has 1 unspecified atom stereocenters. The first-order valence-electron chi connectivity index (χ1n) is 6.86. The first-order chi connectivity index (χ1) is 9.99. The SMILES string of the molecule is CN1CCCCC1CNc1ccc([N+](=O)[O-])cc1[N+](=O)[O-]. The van der Waals surface area contributed by atoms with E-state index in [2.05, 4.69) is 10.2 Å². The van der Waals surface area contributed by atoms with Gasteiger partial charge >= 0.3 is 0 Å². The third-order valence-corrected chi connectivity index (χ3v) is 3.84.